The van der Waals surface area contributed by atoms with Gasteiger partial charge in [-0.3, -0.25) is 14.4 Å². The number of rotatable bonds is 7. The zero-order valence-corrected chi connectivity index (χ0v) is 17.2. The van der Waals surface area contributed by atoms with Gasteiger partial charge in [0.25, 0.3) is 11.8 Å². The van der Waals surface area contributed by atoms with Gasteiger partial charge in [0.1, 0.15) is 11.1 Å². The number of carbonyl (C=O) groups is 2. The van der Waals surface area contributed by atoms with Crippen molar-refractivity contribution in [3.8, 4) is 0 Å². The Balaban J connectivity index is 1.91. The maximum Gasteiger partial charge on any atom is 0.257 e. The molecule has 0 spiro atoms. The number of nitrogens with zero attached hydrogens (tertiary/aromatic N) is 1. The molecule has 1 atom stereocenters. The van der Waals surface area contributed by atoms with Gasteiger partial charge in [-0.2, -0.15) is 0 Å². The second-order valence-electron chi connectivity index (χ2n) is 7.34. The van der Waals surface area contributed by atoms with Gasteiger partial charge in [0.2, 0.25) is 5.43 Å². The van der Waals surface area contributed by atoms with Crippen LogP contribution in [0, 0.1) is 0 Å². The molecular formula is C21H27N3O3S. The minimum Gasteiger partial charge on any atom is -0.349 e. The number of carbonyl (C=O) groups excluding carboxylic acids is 2. The van der Waals surface area contributed by atoms with Crippen LogP contribution < -0.4 is 16.1 Å². The first-order valence-corrected chi connectivity index (χ1v) is 10.7. The third-order valence-electron chi connectivity index (χ3n) is 5.27. The van der Waals surface area contributed by atoms with Crippen molar-refractivity contribution in [3.05, 3.63) is 56.1 Å². The predicted octanol–water partition coefficient (Wildman–Crippen LogP) is 3.48. The van der Waals surface area contributed by atoms with E-state index < -0.39 is 17.2 Å². The largest absolute Gasteiger partial charge is 0.349 e. The number of hydrogen-bond donors (Lipinski definition) is 2. The van der Waals surface area contributed by atoms with Crippen molar-refractivity contribution in [2.75, 3.05) is 0 Å². The molecule has 1 fully saturated rings. The van der Waals surface area contributed by atoms with Gasteiger partial charge in [-0.1, -0.05) is 25.8 Å². The van der Waals surface area contributed by atoms with E-state index in [9.17, 15) is 14.4 Å². The average molecular weight is 402 g/mol. The second-order valence-corrected chi connectivity index (χ2v) is 8.38. The first-order chi connectivity index (χ1) is 13.5. The number of hydrogen-bond acceptors (Lipinski definition) is 4. The van der Waals surface area contributed by atoms with Crippen LogP contribution in [0.2, 0.25) is 0 Å². The normalized spacial score (nSPS) is 15.4. The molecular weight excluding hydrogens is 374 g/mol. The molecule has 7 heteroatoms. The third kappa shape index (κ3) is 4.70. The first-order valence-electron chi connectivity index (χ1n) is 9.86. The van der Waals surface area contributed by atoms with Crippen LogP contribution in [0.4, 0.5) is 0 Å². The summed E-state index contributed by atoms with van der Waals surface area (Å²) in [6.07, 6.45) is 8.21. The Hall–Kier alpha value is -2.41. The highest BCUT2D eigenvalue weighted by molar-refractivity contribution is 7.09. The van der Waals surface area contributed by atoms with E-state index in [2.05, 4.69) is 10.6 Å². The summed E-state index contributed by atoms with van der Waals surface area (Å²) in [5.74, 6) is -0.859. The Morgan fingerprint density at radius 3 is 2.50 bits per heavy atom. The van der Waals surface area contributed by atoms with Gasteiger partial charge in [0.05, 0.1) is 6.54 Å². The Labute approximate surface area is 169 Å². The standard InChI is InChI=1S/C21H27N3O3S/c1-3-14(2)23-21(27)18-13-24(15-7-4-5-8-15)12-17(19(18)25)20(26)22-11-16-9-6-10-28-16/h6,9-10,12-15H,3-5,7-8,11H2,1-2H3,(H,22,26)(H,23,27). The number of nitrogens with one attached hydrogen (secondary N) is 2. The summed E-state index contributed by atoms with van der Waals surface area (Å²) in [5, 5.41) is 7.59. The lowest BCUT2D eigenvalue weighted by Crippen LogP contribution is -2.38. The molecule has 2 aromatic heterocycles. The maximum atomic E-state index is 12.9. The zero-order chi connectivity index (χ0) is 20.1. The molecule has 1 saturated carbocycles. The smallest absolute Gasteiger partial charge is 0.257 e. The van der Waals surface area contributed by atoms with Crippen LogP contribution in [0.25, 0.3) is 0 Å². The number of amides is 2. The molecule has 2 heterocycles. The fraction of sp³-hybridized carbons (Fsp3) is 0.476. The molecule has 0 aliphatic heterocycles. The van der Waals surface area contributed by atoms with E-state index in [0.29, 0.717) is 6.54 Å². The fourth-order valence-electron chi connectivity index (χ4n) is 3.41. The minimum atomic E-state index is -0.515. The highest BCUT2D eigenvalue weighted by Crippen LogP contribution is 2.29. The quantitative estimate of drug-likeness (QED) is 0.745. The van der Waals surface area contributed by atoms with Crippen molar-refractivity contribution in [1.29, 1.82) is 0 Å². The van der Waals surface area contributed by atoms with E-state index >= 15 is 0 Å². The average Bonchev–Trinajstić information content (AvgIpc) is 3.40. The van der Waals surface area contributed by atoms with Gasteiger partial charge < -0.3 is 15.2 Å². The second kappa shape index (κ2) is 9.19. The molecule has 150 valence electrons. The first kappa shape index (κ1) is 20.3. The fourth-order valence-corrected chi connectivity index (χ4v) is 4.06. The van der Waals surface area contributed by atoms with Crippen LogP contribution in [0.15, 0.2) is 34.7 Å². The summed E-state index contributed by atoms with van der Waals surface area (Å²) in [6, 6.07) is 4.03. The van der Waals surface area contributed by atoms with Crippen LogP contribution in [0.3, 0.4) is 0 Å². The van der Waals surface area contributed by atoms with Crippen LogP contribution in [0.1, 0.15) is 77.6 Å². The van der Waals surface area contributed by atoms with Gasteiger partial charge in [0.15, 0.2) is 0 Å². The zero-order valence-electron chi connectivity index (χ0n) is 16.4. The molecule has 2 aromatic rings. The van der Waals surface area contributed by atoms with Crippen molar-refractivity contribution in [3.63, 3.8) is 0 Å². The Kier molecular flexibility index (Phi) is 6.67. The van der Waals surface area contributed by atoms with E-state index in [-0.39, 0.29) is 23.2 Å². The molecule has 6 nitrogen and oxygen atoms in total. The summed E-state index contributed by atoms with van der Waals surface area (Å²) < 4.78 is 1.89. The lowest BCUT2D eigenvalue weighted by molar-refractivity contribution is 0.0937. The number of aromatic nitrogens is 1. The highest BCUT2D eigenvalue weighted by atomic mass is 32.1. The Morgan fingerprint density at radius 2 is 1.89 bits per heavy atom. The van der Waals surface area contributed by atoms with Gasteiger partial charge >= 0.3 is 0 Å². The highest BCUT2D eigenvalue weighted by Gasteiger charge is 2.24. The van der Waals surface area contributed by atoms with Crippen molar-refractivity contribution in [2.45, 2.75) is 64.6 Å². The van der Waals surface area contributed by atoms with Crippen molar-refractivity contribution >= 4 is 23.2 Å². The molecule has 28 heavy (non-hydrogen) atoms. The topological polar surface area (TPSA) is 80.2 Å². The van der Waals surface area contributed by atoms with Gasteiger partial charge in [-0.05, 0) is 37.6 Å². The van der Waals surface area contributed by atoms with Gasteiger partial charge in [-0.15, -0.1) is 11.3 Å². The van der Waals surface area contributed by atoms with Crippen LogP contribution >= 0.6 is 11.3 Å². The molecule has 1 aliphatic carbocycles. The van der Waals surface area contributed by atoms with Gasteiger partial charge in [-0.25, -0.2) is 0 Å². The molecule has 1 aliphatic rings. The summed E-state index contributed by atoms with van der Waals surface area (Å²) in [5.41, 5.74) is -0.449. The SMILES string of the molecule is CCC(C)NC(=O)c1cn(C2CCCC2)cc(C(=O)NCc2cccs2)c1=O. The third-order valence-corrected chi connectivity index (χ3v) is 6.15. The molecule has 3 rings (SSSR count). The number of pyridine rings is 1. The molecule has 0 saturated heterocycles. The number of thiophene rings is 1. The molecule has 2 N–H and O–H groups in total. The van der Waals surface area contributed by atoms with Crippen LogP contribution in [0.5, 0.6) is 0 Å². The molecule has 0 radical (unpaired) electrons. The van der Waals surface area contributed by atoms with E-state index in [1.807, 2.05) is 35.9 Å². The lowest BCUT2D eigenvalue weighted by Gasteiger charge is -2.18. The van der Waals surface area contributed by atoms with Crippen LogP contribution in [-0.4, -0.2) is 22.4 Å². The lowest BCUT2D eigenvalue weighted by atomic mass is 10.1. The van der Waals surface area contributed by atoms with Crippen molar-refractivity contribution in [2.24, 2.45) is 0 Å². The van der Waals surface area contributed by atoms with E-state index in [0.717, 1.165) is 37.0 Å². The maximum absolute atomic E-state index is 12.9. The van der Waals surface area contributed by atoms with E-state index in [1.165, 1.54) is 0 Å². The summed E-state index contributed by atoms with van der Waals surface area (Å²) in [7, 11) is 0. The summed E-state index contributed by atoms with van der Waals surface area (Å²) >= 11 is 1.54. The van der Waals surface area contributed by atoms with Crippen molar-refractivity contribution in [1.82, 2.24) is 15.2 Å². The summed E-state index contributed by atoms with van der Waals surface area (Å²) in [4.78, 5) is 39.3. The van der Waals surface area contributed by atoms with E-state index in [4.69, 9.17) is 0 Å². The molecule has 0 aromatic carbocycles. The molecule has 2 amide bonds. The molecule has 0 bridgehead atoms. The monoisotopic (exact) mass is 401 g/mol. The molecule has 1 unspecified atom stereocenters. The Morgan fingerprint density at radius 1 is 1.21 bits per heavy atom. The van der Waals surface area contributed by atoms with Crippen LogP contribution in [-0.2, 0) is 6.54 Å². The predicted molar refractivity (Wildman–Crippen MR) is 111 cm³/mol. The summed E-state index contributed by atoms with van der Waals surface area (Å²) in [6.45, 7) is 4.23. The van der Waals surface area contributed by atoms with E-state index in [1.54, 1.807) is 23.7 Å². The van der Waals surface area contributed by atoms with Crippen molar-refractivity contribution < 1.29 is 9.59 Å². The Bertz CT molecular complexity index is 883. The minimum absolute atomic E-state index is 0.0280. The van der Waals surface area contributed by atoms with Gasteiger partial charge in [0, 0.05) is 29.4 Å².